The summed E-state index contributed by atoms with van der Waals surface area (Å²) < 4.78 is 11.3. The average molecular weight is 1060 g/mol. The quantitative estimate of drug-likeness (QED) is 0.0261. The lowest BCUT2D eigenvalue weighted by Gasteiger charge is -2.40. The number of unbranched alkanes of at least 4 members (excludes halogenated alkanes) is 49. The maximum Gasteiger partial charge on any atom is 0.220 e. The third-order valence-corrected chi connectivity index (χ3v) is 16.4. The SMILES string of the molecule is CCCCCCCCCCCCCCCCCCCCCCCCCCCCC/C=C/C(O)C(COC1OC(CO)C(O)C(O)C1O)NC(=O)CCCCCCCCCCCCCCCCCCCCCCCCC. The molecule has 0 spiro atoms. The zero-order valence-electron chi connectivity index (χ0n) is 49.8. The van der Waals surface area contributed by atoms with Crippen molar-refractivity contribution in [2.75, 3.05) is 13.2 Å². The van der Waals surface area contributed by atoms with Gasteiger partial charge in [0.05, 0.1) is 25.4 Å². The van der Waals surface area contributed by atoms with Crippen LogP contribution in [-0.4, -0.2) is 87.5 Å². The Hall–Kier alpha value is -1.07. The molecule has 1 rings (SSSR count). The molecule has 6 N–H and O–H groups in total. The van der Waals surface area contributed by atoms with Gasteiger partial charge in [0.1, 0.15) is 24.4 Å². The first-order chi connectivity index (χ1) is 36.8. The summed E-state index contributed by atoms with van der Waals surface area (Å²) in [4.78, 5) is 13.1. The first-order valence-corrected chi connectivity index (χ1v) is 33.4. The topological polar surface area (TPSA) is 149 Å². The molecule has 0 bridgehead atoms. The van der Waals surface area contributed by atoms with Crippen molar-refractivity contribution < 1.29 is 39.8 Å². The Bertz CT molecular complexity index is 1190. The number of carbonyl (C=O) groups is 1. The summed E-state index contributed by atoms with van der Waals surface area (Å²) in [5.41, 5.74) is 0. The minimum atomic E-state index is -1.56. The Morgan fingerprint density at radius 3 is 1.04 bits per heavy atom. The number of nitrogens with one attached hydrogen (secondary N) is 1. The van der Waals surface area contributed by atoms with E-state index in [9.17, 15) is 30.3 Å². The second-order valence-corrected chi connectivity index (χ2v) is 23.6. The van der Waals surface area contributed by atoms with Gasteiger partial charge in [0.2, 0.25) is 5.91 Å². The number of ether oxygens (including phenoxy) is 2. The van der Waals surface area contributed by atoms with E-state index in [0.29, 0.717) is 6.42 Å². The third-order valence-electron chi connectivity index (χ3n) is 16.4. The molecule has 0 aromatic carbocycles. The standard InChI is InChI=1S/C66H129NO8/c1-3-5-7-9-11-13-15-17-19-21-23-25-27-28-29-30-31-32-34-35-37-39-41-43-45-47-49-51-53-55-60(69)59(58-74-66-65(73)64(72)63(71)61(57-68)75-66)67-62(70)56-54-52-50-48-46-44-42-40-38-36-33-26-24-22-20-18-16-14-12-10-8-6-4-2/h53,55,59-61,63-66,68-69,71-73H,3-52,54,56-58H2,1-2H3,(H,67,70)/b55-53+. The van der Waals surface area contributed by atoms with Crippen molar-refractivity contribution in [2.24, 2.45) is 0 Å². The minimum absolute atomic E-state index is 0.168. The van der Waals surface area contributed by atoms with E-state index in [0.717, 1.165) is 38.5 Å². The lowest BCUT2D eigenvalue weighted by atomic mass is 9.99. The maximum atomic E-state index is 13.1. The Labute approximate surface area is 465 Å². The Kier molecular flexibility index (Phi) is 53.9. The van der Waals surface area contributed by atoms with E-state index in [1.807, 2.05) is 6.08 Å². The van der Waals surface area contributed by atoms with E-state index in [1.54, 1.807) is 6.08 Å². The first kappa shape index (κ1) is 71.9. The predicted molar refractivity (Wildman–Crippen MR) is 318 cm³/mol. The zero-order valence-corrected chi connectivity index (χ0v) is 49.8. The van der Waals surface area contributed by atoms with Crippen molar-refractivity contribution in [1.29, 1.82) is 0 Å². The number of allylic oxidation sites excluding steroid dienone is 1. The summed E-state index contributed by atoms with van der Waals surface area (Å²) in [5.74, 6) is -0.168. The number of aliphatic hydroxyl groups excluding tert-OH is 5. The molecule has 446 valence electrons. The van der Waals surface area contributed by atoms with E-state index >= 15 is 0 Å². The second-order valence-electron chi connectivity index (χ2n) is 23.6. The molecule has 75 heavy (non-hydrogen) atoms. The molecule has 0 aromatic heterocycles. The van der Waals surface area contributed by atoms with Crippen LogP contribution in [0, 0.1) is 0 Å². The van der Waals surface area contributed by atoms with Crippen LogP contribution >= 0.6 is 0 Å². The normalized spacial score (nSPS) is 18.8. The zero-order chi connectivity index (χ0) is 54.3. The van der Waals surface area contributed by atoms with Crippen molar-refractivity contribution in [3.63, 3.8) is 0 Å². The summed E-state index contributed by atoms with van der Waals surface area (Å²) in [6, 6.07) is -0.801. The molecule has 1 amide bonds. The lowest BCUT2D eigenvalue weighted by molar-refractivity contribution is -0.302. The summed E-state index contributed by atoms with van der Waals surface area (Å²) in [5, 5.41) is 54.7. The van der Waals surface area contributed by atoms with Crippen LogP contribution in [0.3, 0.4) is 0 Å². The van der Waals surface area contributed by atoms with Gasteiger partial charge in [-0.1, -0.05) is 334 Å². The Morgan fingerprint density at radius 2 is 0.733 bits per heavy atom. The largest absolute Gasteiger partial charge is 0.394 e. The fourth-order valence-electron chi connectivity index (χ4n) is 11.1. The van der Waals surface area contributed by atoms with Gasteiger partial charge in [-0.15, -0.1) is 0 Å². The Balaban J connectivity index is 2.14. The smallest absolute Gasteiger partial charge is 0.220 e. The monoisotopic (exact) mass is 1060 g/mol. The lowest BCUT2D eigenvalue weighted by Crippen LogP contribution is -2.60. The molecule has 1 aliphatic rings. The van der Waals surface area contributed by atoms with Crippen LogP contribution in [0.1, 0.15) is 348 Å². The molecule has 7 atom stereocenters. The van der Waals surface area contributed by atoms with Crippen LogP contribution in [0.15, 0.2) is 12.2 Å². The van der Waals surface area contributed by atoms with Crippen molar-refractivity contribution in [1.82, 2.24) is 5.32 Å². The molecule has 1 aliphatic heterocycles. The molecular weight excluding hydrogens is 935 g/mol. The van der Waals surface area contributed by atoms with Gasteiger partial charge in [-0.05, 0) is 19.3 Å². The highest BCUT2D eigenvalue weighted by atomic mass is 16.7. The summed E-state index contributed by atoms with van der Waals surface area (Å²) in [6.07, 6.45) is 64.5. The average Bonchev–Trinajstić information content (AvgIpc) is 3.41. The van der Waals surface area contributed by atoms with E-state index in [2.05, 4.69) is 19.2 Å². The number of hydrogen-bond donors (Lipinski definition) is 6. The van der Waals surface area contributed by atoms with Crippen LogP contribution < -0.4 is 5.32 Å². The van der Waals surface area contributed by atoms with Crippen LogP contribution in [0.25, 0.3) is 0 Å². The van der Waals surface area contributed by atoms with Gasteiger partial charge < -0.3 is 40.3 Å². The molecule has 0 saturated carbocycles. The highest BCUT2D eigenvalue weighted by molar-refractivity contribution is 5.76. The number of hydrogen-bond acceptors (Lipinski definition) is 8. The molecule has 0 radical (unpaired) electrons. The molecule has 0 aromatic rings. The van der Waals surface area contributed by atoms with E-state index < -0.39 is 49.5 Å². The molecule has 1 saturated heterocycles. The number of carbonyl (C=O) groups excluding carboxylic acids is 1. The van der Waals surface area contributed by atoms with Crippen LogP contribution in [0.2, 0.25) is 0 Å². The summed E-state index contributed by atoms with van der Waals surface area (Å²) >= 11 is 0. The first-order valence-electron chi connectivity index (χ1n) is 33.4. The van der Waals surface area contributed by atoms with Crippen LogP contribution in [0.4, 0.5) is 0 Å². The van der Waals surface area contributed by atoms with E-state index in [4.69, 9.17) is 9.47 Å². The van der Waals surface area contributed by atoms with Gasteiger partial charge >= 0.3 is 0 Å². The minimum Gasteiger partial charge on any atom is -0.394 e. The van der Waals surface area contributed by atoms with Gasteiger partial charge in [0.15, 0.2) is 6.29 Å². The highest BCUT2D eigenvalue weighted by Gasteiger charge is 2.44. The molecule has 1 heterocycles. The van der Waals surface area contributed by atoms with E-state index in [1.165, 1.54) is 289 Å². The van der Waals surface area contributed by atoms with E-state index in [-0.39, 0.29) is 12.5 Å². The van der Waals surface area contributed by atoms with Crippen molar-refractivity contribution in [3.8, 4) is 0 Å². The molecule has 7 unspecified atom stereocenters. The van der Waals surface area contributed by atoms with Crippen LogP contribution in [0.5, 0.6) is 0 Å². The van der Waals surface area contributed by atoms with Gasteiger partial charge in [-0.3, -0.25) is 4.79 Å². The van der Waals surface area contributed by atoms with Gasteiger partial charge in [-0.25, -0.2) is 0 Å². The fraction of sp³-hybridized carbons (Fsp3) is 0.955. The van der Waals surface area contributed by atoms with Crippen molar-refractivity contribution in [2.45, 2.75) is 391 Å². The summed E-state index contributed by atoms with van der Waals surface area (Å²) in [7, 11) is 0. The number of rotatable bonds is 59. The second kappa shape index (κ2) is 56.2. The molecule has 0 aliphatic carbocycles. The maximum absolute atomic E-state index is 13.1. The van der Waals surface area contributed by atoms with Gasteiger partial charge in [-0.2, -0.15) is 0 Å². The van der Waals surface area contributed by atoms with Gasteiger partial charge in [0.25, 0.3) is 0 Å². The number of amides is 1. The Morgan fingerprint density at radius 1 is 0.440 bits per heavy atom. The van der Waals surface area contributed by atoms with Crippen molar-refractivity contribution in [3.05, 3.63) is 12.2 Å². The third kappa shape index (κ3) is 45.4. The molecule has 9 heteroatoms. The van der Waals surface area contributed by atoms with Crippen molar-refractivity contribution >= 4 is 5.91 Å². The highest BCUT2D eigenvalue weighted by Crippen LogP contribution is 2.23. The number of aliphatic hydroxyl groups is 5. The molecule has 9 nitrogen and oxygen atoms in total. The molecular formula is C66H129NO8. The van der Waals surface area contributed by atoms with Gasteiger partial charge in [0, 0.05) is 6.42 Å². The summed E-state index contributed by atoms with van der Waals surface area (Å²) in [6.45, 7) is 3.84. The van der Waals surface area contributed by atoms with Crippen LogP contribution in [-0.2, 0) is 14.3 Å². The predicted octanol–water partition coefficient (Wildman–Crippen LogP) is 17.5. The fourth-order valence-corrected chi connectivity index (χ4v) is 11.1. The molecule has 1 fully saturated rings.